The fourth-order valence-electron chi connectivity index (χ4n) is 2.39. The number of aryl methyl sites for hydroxylation is 1. The molecule has 1 aromatic rings. The molecule has 1 amide bonds. The van der Waals surface area contributed by atoms with Gasteiger partial charge in [0.15, 0.2) is 0 Å². The number of hydrogen-bond acceptors (Lipinski definition) is 5. The lowest BCUT2D eigenvalue weighted by Crippen LogP contribution is -2.51. The smallest absolute Gasteiger partial charge is 0.340 e. The van der Waals surface area contributed by atoms with Gasteiger partial charge in [-0.15, -0.1) is 0 Å². The molecule has 0 aliphatic heterocycles. The van der Waals surface area contributed by atoms with Crippen LogP contribution in [0.25, 0.3) is 0 Å². The van der Waals surface area contributed by atoms with E-state index >= 15 is 0 Å². The lowest BCUT2D eigenvalue weighted by atomic mass is 9.68. The number of carbonyl (C=O) groups excluding carboxylic acids is 1. The van der Waals surface area contributed by atoms with Crippen LogP contribution in [0, 0.1) is 12.3 Å². The summed E-state index contributed by atoms with van der Waals surface area (Å²) in [6, 6.07) is 0. The van der Waals surface area contributed by atoms with E-state index in [4.69, 9.17) is 5.73 Å². The van der Waals surface area contributed by atoms with Gasteiger partial charge in [0.05, 0.1) is 11.1 Å². The second-order valence-corrected chi connectivity index (χ2v) is 5.71. The number of amides is 1. The van der Waals surface area contributed by atoms with Gasteiger partial charge in [0.1, 0.15) is 10.6 Å². The van der Waals surface area contributed by atoms with E-state index in [1.165, 1.54) is 4.90 Å². The van der Waals surface area contributed by atoms with Crippen LogP contribution >= 0.6 is 11.5 Å². The normalized spacial score (nSPS) is 16.8. The van der Waals surface area contributed by atoms with Crippen molar-refractivity contribution >= 4 is 28.4 Å². The maximum Gasteiger partial charge on any atom is 0.340 e. The summed E-state index contributed by atoms with van der Waals surface area (Å²) >= 11 is 1.04. The monoisotopic (exact) mass is 283 g/mol. The topological polar surface area (TPSA) is 96.5 Å². The highest BCUT2D eigenvalue weighted by Crippen LogP contribution is 2.43. The van der Waals surface area contributed by atoms with Gasteiger partial charge in [0.2, 0.25) is 5.91 Å². The number of carbonyl (C=O) groups is 2. The van der Waals surface area contributed by atoms with E-state index in [9.17, 15) is 14.7 Å². The molecule has 6 nitrogen and oxygen atoms in total. The van der Waals surface area contributed by atoms with Crippen molar-refractivity contribution in [1.29, 1.82) is 0 Å². The number of carboxylic acids is 1. The average Bonchev–Trinajstić information content (AvgIpc) is 2.69. The molecule has 0 radical (unpaired) electrons. The number of rotatable bonds is 4. The minimum absolute atomic E-state index is 0.104. The van der Waals surface area contributed by atoms with E-state index in [-0.39, 0.29) is 11.5 Å². The molecular weight excluding hydrogens is 266 g/mol. The van der Waals surface area contributed by atoms with Crippen molar-refractivity contribution in [1.82, 2.24) is 4.37 Å². The van der Waals surface area contributed by atoms with Crippen molar-refractivity contribution in [2.75, 3.05) is 18.5 Å². The van der Waals surface area contributed by atoms with Crippen LogP contribution in [-0.2, 0) is 4.79 Å². The Hall–Kier alpha value is -1.47. The highest BCUT2D eigenvalue weighted by atomic mass is 32.1. The van der Waals surface area contributed by atoms with Crippen LogP contribution < -0.4 is 10.6 Å². The molecule has 19 heavy (non-hydrogen) atoms. The van der Waals surface area contributed by atoms with Gasteiger partial charge >= 0.3 is 5.97 Å². The highest BCUT2D eigenvalue weighted by Gasteiger charge is 2.45. The summed E-state index contributed by atoms with van der Waals surface area (Å²) in [6.45, 7) is 1.93. The summed E-state index contributed by atoms with van der Waals surface area (Å²) in [5, 5.41) is 9.59. The quantitative estimate of drug-likeness (QED) is 0.866. The van der Waals surface area contributed by atoms with Gasteiger partial charge in [-0.05, 0) is 31.3 Å². The molecule has 0 atom stereocenters. The summed E-state index contributed by atoms with van der Waals surface area (Å²) in [5.41, 5.74) is 5.74. The molecule has 1 aliphatic rings. The third-order valence-corrected chi connectivity index (χ3v) is 4.84. The van der Waals surface area contributed by atoms with E-state index in [0.29, 0.717) is 17.2 Å². The summed E-state index contributed by atoms with van der Waals surface area (Å²) in [7, 11) is 1.59. The van der Waals surface area contributed by atoms with Gasteiger partial charge in [0.25, 0.3) is 0 Å². The fraction of sp³-hybridized carbons (Fsp3) is 0.583. The number of carboxylic acid groups (broad SMARTS) is 1. The first-order valence-electron chi connectivity index (χ1n) is 6.11. The van der Waals surface area contributed by atoms with Crippen LogP contribution in [0.2, 0.25) is 0 Å². The summed E-state index contributed by atoms with van der Waals surface area (Å²) in [6.07, 6.45) is 2.53. The Labute approximate surface area is 115 Å². The summed E-state index contributed by atoms with van der Waals surface area (Å²) in [5.74, 6) is -1.16. The zero-order chi connectivity index (χ0) is 14.2. The highest BCUT2D eigenvalue weighted by molar-refractivity contribution is 7.11. The SMILES string of the molecule is Cc1nsc(N(C)C(=O)C2(CN)CCC2)c1C(=O)O. The lowest BCUT2D eigenvalue weighted by molar-refractivity contribution is -0.131. The zero-order valence-corrected chi connectivity index (χ0v) is 11.8. The average molecular weight is 283 g/mol. The maximum absolute atomic E-state index is 12.5. The zero-order valence-electron chi connectivity index (χ0n) is 11.0. The van der Waals surface area contributed by atoms with E-state index in [1.807, 2.05) is 0 Å². The van der Waals surface area contributed by atoms with Gasteiger partial charge in [-0.1, -0.05) is 6.42 Å². The molecule has 0 bridgehead atoms. The Morgan fingerprint density at radius 2 is 2.16 bits per heavy atom. The summed E-state index contributed by atoms with van der Waals surface area (Å²) in [4.78, 5) is 25.1. The molecule has 0 unspecified atom stereocenters. The molecule has 1 heterocycles. The molecule has 0 aromatic carbocycles. The minimum atomic E-state index is -1.06. The number of aromatic nitrogens is 1. The standard InChI is InChI=1S/C12H17N3O3S/c1-7-8(10(16)17)9(19-14-7)15(2)11(18)12(6-13)4-3-5-12/h3-6,13H2,1-2H3,(H,16,17). The Balaban J connectivity index is 2.32. The van der Waals surface area contributed by atoms with Gasteiger partial charge < -0.3 is 15.7 Å². The van der Waals surface area contributed by atoms with Crippen LogP contribution in [0.5, 0.6) is 0 Å². The van der Waals surface area contributed by atoms with Crippen molar-refractivity contribution < 1.29 is 14.7 Å². The molecule has 1 aliphatic carbocycles. The molecule has 0 spiro atoms. The predicted octanol–water partition coefficient (Wildman–Crippen LogP) is 1.24. The van der Waals surface area contributed by atoms with Crippen molar-refractivity contribution in [2.24, 2.45) is 11.1 Å². The van der Waals surface area contributed by atoms with Gasteiger partial charge in [-0.2, -0.15) is 4.37 Å². The molecule has 3 N–H and O–H groups in total. The largest absolute Gasteiger partial charge is 0.478 e. The first kappa shape index (κ1) is 14.0. The number of nitrogens with two attached hydrogens (primary N) is 1. The summed E-state index contributed by atoms with van der Waals surface area (Å²) < 4.78 is 4.03. The maximum atomic E-state index is 12.5. The molecule has 7 heteroatoms. The third-order valence-electron chi connectivity index (χ3n) is 3.82. The number of aromatic carboxylic acids is 1. The van der Waals surface area contributed by atoms with Crippen LogP contribution in [0.1, 0.15) is 35.3 Å². The second-order valence-electron chi connectivity index (χ2n) is 4.96. The third kappa shape index (κ3) is 2.12. The van der Waals surface area contributed by atoms with Crippen molar-refractivity contribution in [3.63, 3.8) is 0 Å². The van der Waals surface area contributed by atoms with Gasteiger partial charge in [-0.25, -0.2) is 4.79 Å². The number of nitrogens with zero attached hydrogens (tertiary/aromatic N) is 2. The predicted molar refractivity (Wildman–Crippen MR) is 72.6 cm³/mol. The second kappa shape index (κ2) is 4.90. The van der Waals surface area contributed by atoms with Crippen LogP contribution in [-0.4, -0.2) is 34.9 Å². The minimum Gasteiger partial charge on any atom is -0.478 e. The lowest BCUT2D eigenvalue weighted by Gasteiger charge is -2.41. The van der Waals surface area contributed by atoms with Crippen LogP contribution in [0.4, 0.5) is 5.00 Å². The van der Waals surface area contributed by atoms with Crippen molar-refractivity contribution in [2.45, 2.75) is 26.2 Å². The number of hydrogen-bond donors (Lipinski definition) is 2. The first-order chi connectivity index (χ1) is 8.93. The fourth-order valence-corrected chi connectivity index (χ4v) is 3.24. The van der Waals surface area contributed by atoms with Crippen molar-refractivity contribution in [3.05, 3.63) is 11.3 Å². The van der Waals surface area contributed by atoms with E-state index in [1.54, 1.807) is 14.0 Å². The van der Waals surface area contributed by atoms with E-state index < -0.39 is 11.4 Å². The van der Waals surface area contributed by atoms with E-state index in [2.05, 4.69) is 4.37 Å². The van der Waals surface area contributed by atoms with Gasteiger partial charge in [-0.3, -0.25) is 4.79 Å². The van der Waals surface area contributed by atoms with Crippen molar-refractivity contribution in [3.8, 4) is 0 Å². The Morgan fingerprint density at radius 1 is 1.53 bits per heavy atom. The first-order valence-corrected chi connectivity index (χ1v) is 6.88. The van der Waals surface area contributed by atoms with Crippen LogP contribution in [0.3, 0.4) is 0 Å². The Bertz CT molecular complexity index is 517. The van der Waals surface area contributed by atoms with E-state index in [0.717, 1.165) is 30.8 Å². The number of anilines is 1. The van der Waals surface area contributed by atoms with Crippen LogP contribution in [0.15, 0.2) is 0 Å². The van der Waals surface area contributed by atoms with Gasteiger partial charge in [0, 0.05) is 13.6 Å². The Kier molecular flexibility index (Phi) is 3.60. The molecule has 104 valence electrons. The molecule has 1 fully saturated rings. The molecule has 1 saturated carbocycles. The molecule has 1 aromatic heterocycles. The molecular formula is C12H17N3O3S. The molecule has 0 saturated heterocycles. The Morgan fingerprint density at radius 3 is 2.58 bits per heavy atom. The molecule has 2 rings (SSSR count).